The smallest absolute Gasteiger partial charge is 0.344 e. The molecule has 1 saturated carbocycles. The van der Waals surface area contributed by atoms with Crippen molar-refractivity contribution < 1.29 is 27.8 Å². The van der Waals surface area contributed by atoms with Gasteiger partial charge in [0.2, 0.25) is 5.88 Å². The first-order valence-electron chi connectivity index (χ1n) is 13.9. The van der Waals surface area contributed by atoms with Crippen molar-refractivity contribution in [3.8, 4) is 11.6 Å². The average molecular weight is 614 g/mol. The van der Waals surface area contributed by atoms with E-state index in [1.54, 1.807) is 28.2 Å². The quantitative estimate of drug-likeness (QED) is 0.247. The molecule has 5 rings (SSSR count). The Morgan fingerprint density at radius 3 is 2.49 bits per heavy atom. The zero-order chi connectivity index (χ0) is 30.5. The van der Waals surface area contributed by atoms with Crippen LogP contribution in [-0.2, 0) is 16.1 Å². The zero-order valence-electron chi connectivity index (χ0n) is 23.3. The van der Waals surface area contributed by atoms with Crippen LogP contribution in [0.3, 0.4) is 0 Å². The molecule has 1 aliphatic rings. The molecule has 1 aromatic carbocycles. The van der Waals surface area contributed by atoms with Crippen LogP contribution in [0, 0.1) is 5.92 Å². The fourth-order valence-electron chi connectivity index (χ4n) is 5.38. The standard InChI is InChI=1S/C30H30ClF2N5O5/c1-2-42-26(39)17-43-25-12-11-21(15-34-25)38-24-6-4-3-5-23(24)37(30(38)41)16-18-7-9-20(10-8-18)36-29(40)22-13-19(31)14-35-27(22)28(32)33/h3-6,11-15,18,20,28H,2,7-10,16-17H2,1H3,(H,36,40). The summed E-state index contributed by atoms with van der Waals surface area (Å²) >= 11 is 5.90. The number of nitrogens with one attached hydrogen (secondary N) is 1. The van der Waals surface area contributed by atoms with E-state index in [1.165, 1.54) is 12.3 Å². The van der Waals surface area contributed by atoms with E-state index in [1.807, 2.05) is 24.3 Å². The molecular formula is C30H30ClF2N5O5. The molecule has 226 valence electrons. The van der Waals surface area contributed by atoms with Crippen LogP contribution >= 0.6 is 11.6 Å². The second-order valence-electron chi connectivity index (χ2n) is 10.2. The third-order valence-electron chi connectivity index (χ3n) is 7.42. The van der Waals surface area contributed by atoms with Gasteiger partial charge in [-0.25, -0.2) is 23.4 Å². The minimum absolute atomic E-state index is 0.108. The molecule has 0 spiro atoms. The van der Waals surface area contributed by atoms with Crippen LogP contribution in [0.1, 0.15) is 55.1 Å². The highest BCUT2D eigenvalue weighted by atomic mass is 35.5. The van der Waals surface area contributed by atoms with Gasteiger partial charge in [0, 0.05) is 24.8 Å². The van der Waals surface area contributed by atoms with Crippen molar-refractivity contribution in [2.24, 2.45) is 5.92 Å². The maximum absolute atomic E-state index is 13.7. The van der Waals surface area contributed by atoms with E-state index in [9.17, 15) is 23.2 Å². The lowest BCUT2D eigenvalue weighted by Gasteiger charge is -2.29. The number of para-hydroxylation sites is 2. The molecule has 0 radical (unpaired) electrons. The summed E-state index contributed by atoms with van der Waals surface area (Å²) in [4.78, 5) is 45.9. The summed E-state index contributed by atoms with van der Waals surface area (Å²) in [6, 6.07) is 11.8. The third-order valence-corrected chi connectivity index (χ3v) is 7.62. The molecule has 1 N–H and O–H groups in total. The normalized spacial score (nSPS) is 16.8. The van der Waals surface area contributed by atoms with E-state index in [2.05, 4.69) is 15.3 Å². The van der Waals surface area contributed by atoms with E-state index in [0.29, 0.717) is 25.1 Å². The zero-order valence-corrected chi connectivity index (χ0v) is 24.1. The molecule has 1 amide bonds. The van der Waals surface area contributed by atoms with E-state index in [4.69, 9.17) is 21.1 Å². The number of halogens is 3. The number of aromatic nitrogens is 4. The summed E-state index contributed by atoms with van der Waals surface area (Å²) in [5.74, 6) is -0.719. The molecule has 0 saturated heterocycles. The number of esters is 1. The van der Waals surface area contributed by atoms with Gasteiger partial charge in [-0.2, -0.15) is 0 Å². The minimum atomic E-state index is -2.90. The van der Waals surface area contributed by atoms with E-state index >= 15 is 0 Å². The molecule has 13 heteroatoms. The van der Waals surface area contributed by atoms with Crippen LogP contribution in [-0.4, -0.2) is 50.2 Å². The number of benzene rings is 1. The Hall–Kier alpha value is -4.32. The maximum Gasteiger partial charge on any atom is 0.344 e. The number of carbonyl (C=O) groups is 2. The van der Waals surface area contributed by atoms with Crippen LogP contribution in [0.15, 0.2) is 59.7 Å². The maximum atomic E-state index is 13.7. The van der Waals surface area contributed by atoms with E-state index < -0.39 is 24.0 Å². The van der Waals surface area contributed by atoms with Gasteiger partial charge in [-0.05, 0) is 62.8 Å². The number of fused-ring (bicyclic) bond motifs is 1. The first-order chi connectivity index (χ1) is 20.7. The minimum Gasteiger partial charge on any atom is -0.466 e. The lowest BCUT2D eigenvalue weighted by molar-refractivity contribution is -0.145. The van der Waals surface area contributed by atoms with Gasteiger partial charge in [-0.3, -0.25) is 18.9 Å². The molecule has 10 nitrogen and oxygen atoms in total. The molecule has 0 bridgehead atoms. The van der Waals surface area contributed by atoms with Gasteiger partial charge in [-0.15, -0.1) is 0 Å². The second kappa shape index (κ2) is 13.3. The second-order valence-corrected chi connectivity index (χ2v) is 10.7. The first-order valence-corrected chi connectivity index (χ1v) is 14.3. The van der Waals surface area contributed by atoms with Gasteiger partial charge >= 0.3 is 11.7 Å². The van der Waals surface area contributed by atoms with Crippen LogP contribution in [0.4, 0.5) is 8.78 Å². The molecule has 0 atom stereocenters. The number of ether oxygens (including phenoxy) is 2. The number of hydrogen-bond donors (Lipinski definition) is 1. The number of amides is 1. The number of nitrogens with zero attached hydrogens (tertiary/aromatic N) is 4. The summed E-state index contributed by atoms with van der Waals surface area (Å²) in [5.41, 5.74) is 1.01. The van der Waals surface area contributed by atoms with Crippen LogP contribution < -0.4 is 15.7 Å². The fourth-order valence-corrected chi connectivity index (χ4v) is 5.53. The van der Waals surface area contributed by atoms with Gasteiger partial charge in [0.15, 0.2) is 6.61 Å². The SMILES string of the molecule is CCOC(=O)COc1ccc(-n2c(=O)n(CC3CCC(NC(=O)c4cc(Cl)cnc4C(F)F)CC3)c3ccccc32)cn1. The number of imidazole rings is 1. The van der Waals surface area contributed by atoms with Gasteiger partial charge in [0.1, 0.15) is 5.69 Å². The molecule has 0 aliphatic heterocycles. The summed E-state index contributed by atoms with van der Waals surface area (Å²) in [7, 11) is 0. The monoisotopic (exact) mass is 613 g/mol. The lowest BCUT2D eigenvalue weighted by atomic mass is 9.85. The molecule has 3 heterocycles. The molecule has 1 fully saturated rings. The molecule has 1 aliphatic carbocycles. The summed E-state index contributed by atoms with van der Waals surface area (Å²) < 4.78 is 40.3. The summed E-state index contributed by atoms with van der Waals surface area (Å²) in [6.07, 6.45) is 2.46. The van der Waals surface area contributed by atoms with Crippen molar-refractivity contribution in [1.82, 2.24) is 24.4 Å². The molecule has 43 heavy (non-hydrogen) atoms. The Kier molecular flexibility index (Phi) is 9.34. The number of carbonyl (C=O) groups excluding carboxylic acids is 2. The molecule has 3 aromatic heterocycles. The number of hydrogen-bond acceptors (Lipinski definition) is 7. The highest BCUT2D eigenvalue weighted by Crippen LogP contribution is 2.29. The Bertz CT molecular complexity index is 1670. The molecule has 4 aromatic rings. The third kappa shape index (κ3) is 6.85. The van der Waals surface area contributed by atoms with Crippen molar-refractivity contribution in [2.45, 2.75) is 51.6 Å². The molecular weight excluding hydrogens is 584 g/mol. The van der Waals surface area contributed by atoms with Crippen molar-refractivity contribution in [3.63, 3.8) is 0 Å². The highest BCUT2D eigenvalue weighted by Gasteiger charge is 2.27. The van der Waals surface area contributed by atoms with Gasteiger partial charge in [0.25, 0.3) is 12.3 Å². The van der Waals surface area contributed by atoms with Crippen LogP contribution in [0.2, 0.25) is 5.02 Å². The van der Waals surface area contributed by atoms with Crippen LogP contribution in [0.25, 0.3) is 16.7 Å². The van der Waals surface area contributed by atoms with Crippen molar-refractivity contribution in [2.75, 3.05) is 13.2 Å². The topological polar surface area (TPSA) is 117 Å². The fraction of sp³-hybridized carbons (Fsp3) is 0.367. The van der Waals surface area contributed by atoms with Crippen molar-refractivity contribution in [3.05, 3.63) is 81.6 Å². The predicted octanol–water partition coefficient (Wildman–Crippen LogP) is 5.10. The Balaban J connectivity index is 1.26. The Labute approximate surface area is 250 Å². The summed E-state index contributed by atoms with van der Waals surface area (Å²) in [6.45, 7) is 2.18. The largest absolute Gasteiger partial charge is 0.466 e. The number of pyridine rings is 2. The molecule has 0 unspecified atom stereocenters. The summed E-state index contributed by atoms with van der Waals surface area (Å²) in [5, 5.41) is 2.96. The van der Waals surface area contributed by atoms with Crippen molar-refractivity contribution >= 4 is 34.5 Å². The highest BCUT2D eigenvalue weighted by molar-refractivity contribution is 6.30. The Morgan fingerprint density at radius 2 is 1.81 bits per heavy atom. The first kappa shape index (κ1) is 30.1. The predicted molar refractivity (Wildman–Crippen MR) is 155 cm³/mol. The van der Waals surface area contributed by atoms with Gasteiger partial charge in [0.05, 0.1) is 40.1 Å². The van der Waals surface area contributed by atoms with Gasteiger partial charge < -0.3 is 14.8 Å². The van der Waals surface area contributed by atoms with E-state index in [0.717, 1.165) is 30.1 Å². The van der Waals surface area contributed by atoms with E-state index in [-0.39, 0.29) is 47.3 Å². The van der Waals surface area contributed by atoms with Crippen molar-refractivity contribution in [1.29, 1.82) is 0 Å². The lowest BCUT2D eigenvalue weighted by Crippen LogP contribution is -2.39. The number of alkyl halides is 2. The average Bonchev–Trinajstić information content (AvgIpc) is 3.28. The van der Waals surface area contributed by atoms with Crippen LogP contribution in [0.5, 0.6) is 5.88 Å². The Morgan fingerprint density at radius 1 is 1.07 bits per heavy atom. The number of rotatable bonds is 10. The van der Waals surface area contributed by atoms with Gasteiger partial charge in [-0.1, -0.05) is 23.7 Å².